The third-order valence-corrected chi connectivity index (χ3v) is 6.70. The van der Waals surface area contributed by atoms with E-state index in [-0.39, 0.29) is 11.2 Å². The van der Waals surface area contributed by atoms with Crippen molar-refractivity contribution in [2.24, 2.45) is 0 Å². The molecule has 7 heteroatoms. The number of carbonyl (C=O) groups excluding carboxylic acids is 1. The standard InChI is InChI=1S/C19H19N3OS3/c1-13-8-10-16(11-9-13)25-14(2)17(23)20-18-21-22-19(26-18)24-12-15-6-4-3-5-7-15/h3-11,14H,12H2,1-2H3,(H,20,21,23)/t14-/m1/s1. The Balaban J connectivity index is 1.51. The lowest BCUT2D eigenvalue weighted by molar-refractivity contribution is -0.115. The first-order valence-electron chi connectivity index (χ1n) is 8.14. The normalized spacial score (nSPS) is 11.9. The average Bonchev–Trinajstić information content (AvgIpc) is 3.10. The quantitative estimate of drug-likeness (QED) is 0.432. The molecule has 0 saturated heterocycles. The topological polar surface area (TPSA) is 54.9 Å². The van der Waals surface area contributed by atoms with Crippen LogP contribution in [0.3, 0.4) is 0 Å². The molecule has 0 aliphatic heterocycles. The summed E-state index contributed by atoms with van der Waals surface area (Å²) in [7, 11) is 0. The lowest BCUT2D eigenvalue weighted by Crippen LogP contribution is -2.22. The van der Waals surface area contributed by atoms with Gasteiger partial charge in [0.05, 0.1) is 5.25 Å². The molecule has 1 aromatic heterocycles. The minimum Gasteiger partial charge on any atom is -0.300 e. The summed E-state index contributed by atoms with van der Waals surface area (Å²) in [5.41, 5.74) is 2.45. The van der Waals surface area contributed by atoms with Crippen LogP contribution in [-0.4, -0.2) is 21.4 Å². The van der Waals surface area contributed by atoms with Gasteiger partial charge in [0.15, 0.2) is 4.34 Å². The Morgan fingerprint density at radius 2 is 1.85 bits per heavy atom. The highest BCUT2D eigenvalue weighted by molar-refractivity contribution is 8.00. The lowest BCUT2D eigenvalue weighted by Gasteiger charge is -2.10. The van der Waals surface area contributed by atoms with Gasteiger partial charge in [-0.2, -0.15) is 0 Å². The molecule has 26 heavy (non-hydrogen) atoms. The molecule has 134 valence electrons. The first-order chi connectivity index (χ1) is 12.6. The maximum absolute atomic E-state index is 12.4. The van der Waals surface area contributed by atoms with E-state index >= 15 is 0 Å². The van der Waals surface area contributed by atoms with Gasteiger partial charge in [0.2, 0.25) is 11.0 Å². The number of hydrogen-bond acceptors (Lipinski definition) is 6. The third-order valence-electron chi connectivity index (χ3n) is 3.54. The second-order valence-corrected chi connectivity index (χ2v) is 9.32. The van der Waals surface area contributed by atoms with Crippen molar-refractivity contribution in [3.8, 4) is 0 Å². The van der Waals surface area contributed by atoms with Crippen molar-refractivity contribution in [2.75, 3.05) is 5.32 Å². The number of nitrogens with zero attached hydrogens (tertiary/aromatic N) is 2. The minimum atomic E-state index is -0.206. The van der Waals surface area contributed by atoms with Gasteiger partial charge in [-0.15, -0.1) is 22.0 Å². The number of anilines is 1. The van der Waals surface area contributed by atoms with Crippen LogP contribution in [0.4, 0.5) is 5.13 Å². The van der Waals surface area contributed by atoms with E-state index in [1.165, 1.54) is 34.2 Å². The van der Waals surface area contributed by atoms with Gasteiger partial charge in [-0.05, 0) is 31.5 Å². The molecule has 3 aromatic rings. The summed E-state index contributed by atoms with van der Waals surface area (Å²) in [5.74, 6) is 0.773. The zero-order chi connectivity index (χ0) is 18.4. The number of aromatic nitrogens is 2. The van der Waals surface area contributed by atoms with Gasteiger partial charge in [0, 0.05) is 10.6 Å². The zero-order valence-corrected chi connectivity index (χ0v) is 17.0. The molecule has 0 bridgehead atoms. The summed E-state index contributed by atoms with van der Waals surface area (Å²) in [6, 6.07) is 18.4. The van der Waals surface area contributed by atoms with Gasteiger partial charge >= 0.3 is 0 Å². The van der Waals surface area contributed by atoms with Crippen molar-refractivity contribution in [1.29, 1.82) is 0 Å². The fraction of sp³-hybridized carbons (Fsp3) is 0.211. The van der Waals surface area contributed by atoms with E-state index < -0.39 is 0 Å². The number of amides is 1. The number of rotatable bonds is 7. The zero-order valence-electron chi connectivity index (χ0n) is 14.5. The fourth-order valence-electron chi connectivity index (χ4n) is 2.12. The number of benzene rings is 2. The molecule has 1 heterocycles. The van der Waals surface area contributed by atoms with E-state index in [4.69, 9.17) is 0 Å². The molecule has 1 N–H and O–H groups in total. The number of thioether (sulfide) groups is 2. The lowest BCUT2D eigenvalue weighted by atomic mass is 10.2. The molecule has 0 aliphatic rings. The molecule has 0 unspecified atom stereocenters. The van der Waals surface area contributed by atoms with E-state index in [1.807, 2.05) is 56.3 Å². The van der Waals surface area contributed by atoms with Gasteiger partial charge < -0.3 is 0 Å². The van der Waals surface area contributed by atoms with Gasteiger partial charge in [-0.25, -0.2) is 0 Å². The van der Waals surface area contributed by atoms with Crippen LogP contribution in [0.25, 0.3) is 0 Å². The molecule has 1 atom stereocenters. The highest BCUT2D eigenvalue weighted by atomic mass is 32.2. The number of carbonyl (C=O) groups is 1. The van der Waals surface area contributed by atoms with Crippen molar-refractivity contribution in [3.63, 3.8) is 0 Å². The summed E-state index contributed by atoms with van der Waals surface area (Å²) in [6.07, 6.45) is 0. The van der Waals surface area contributed by atoms with E-state index in [9.17, 15) is 4.79 Å². The van der Waals surface area contributed by atoms with Crippen molar-refractivity contribution in [1.82, 2.24) is 10.2 Å². The molecule has 4 nitrogen and oxygen atoms in total. The summed E-state index contributed by atoms with van der Waals surface area (Å²) in [4.78, 5) is 13.5. The van der Waals surface area contributed by atoms with Gasteiger partial charge in [-0.3, -0.25) is 10.1 Å². The number of hydrogen-bond donors (Lipinski definition) is 1. The van der Waals surface area contributed by atoms with Gasteiger partial charge in [0.1, 0.15) is 0 Å². The van der Waals surface area contributed by atoms with Crippen LogP contribution in [0.5, 0.6) is 0 Å². The molecule has 2 aromatic carbocycles. The van der Waals surface area contributed by atoms with Crippen molar-refractivity contribution >= 4 is 45.9 Å². The predicted octanol–water partition coefficient (Wildman–Crippen LogP) is 5.26. The van der Waals surface area contributed by atoms with Crippen LogP contribution in [0.15, 0.2) is 63.8 Å². The Morgan fingerprint density at radius 1 is 1.12 bits per heavy atom. The monoisotopic (exact) mass is 401 g/mol. The Morgan fingerprint density at radius 3 is 2.58 bits per heavy atom. The molecule has 3 rings (SSSR count). The second-order valence-electron chi connectivity index (χ2n) is 5.71. The first kappa shape index (κ1) is 18.9. The predicted molar refractivity (Wildman–Crippen MR) is 111 cm³/mol. The van der Waals surface area contributed by atoms with Crippen LogP contribution >= 0.6 is 34.9 Å². The van der Waals surface area contributed by atoms with Crippen LogP contribution in [0.1, 0.15) is 18.1 Å². The summed E-state index contributed by atoms with van der Waals surface area (Å²) < 4.78 is 0.850. The summed E-state index contributed by atoms with van der Waals surface area (Å²) >= 11 is 4.56. The fourth-order valence-corrected chi connectivity index (χ4v) is 4.70. The molecule has 0 saturated carbocycles. The molecule has 0 fully saturated rings. The Hall–Kier alpha value is -1.83. The number of nitrogens with one attached hydrogen (secondary N) is 1. The van der Waals surface area contributed by atoms with Gasteiger partial charge in [0.25, 0.3) is 0 Å². The highest BCUT2D eigenvalue weighted by Crippen LogP contribution is 2.29. The minimum absolute atomic E-state index is 0.0636. The smallest absolute Gasteiger partial charge is 0.239 e. The van der Waals surface area contributed by atoms with E-state index in [1.54, 1.807) is 11.8 Å². The molecule has 1 amide bonds. The number of aryl methyl sites for hydroxylation is 1. The van der Waals surface area contributed by atoms with Gasteiger partial charge in [-0.1, -0.05) is 71.1 Å². The van der Waals surface area contributed by atoms with Crippen LogP contribution in [0, 0.1) is 6.92 Å². The van der Waals surface area contributed by atoms with Crippen molar-refractivity contribution < 1.29 is 4.79 Å². The maximum atomic E-state index is 12.4. The largest absolute Gasteiger partial charge is 0.300 e. The SMILES string of the molecule is Cc1ccc(S[C@H](C)C(=O)Nc2nnc(SCc3ccccc3)s2)cc1. The maximum Gasteiger partial charge on any atom is 0.239 e. The van der Waals surface area contributed by atoms with Crippen molar-refractivity contribution in [3.05, 3.63) is 65.7 Å². The summed E-state index contributed by atoms with van der Waals surface area (Å²) in [6.45, 7) is 3.94. The third kappa shape index (κ3) is 5.59. The molecule has 0 spiro atoms. The highest BCUT2D eigenvalue weighted by Gasteiger charge is 2.16. The summed E-state index contributed by atoms with van der Waals surface area (Å²) in [5, 5.41) is 11.4. The Bertz CT molecular complexity index is 850. The average molecular weight is 402 g/mol. The van der Waals surface area contributed by atoms with E-state index in [2.05, 4.69) is 27.6 Å². The van der Waals surface area contributed by atoms with Crippen LogP contribution < -0.4 is 5.32 Å². The van der Waals surface area contributed by atoms with Crippen molar-refractivity contribution in [2.45, 2.75) is 34.1 Å². The van der Waals surface area contributed by atoms with E-state index in [0.717, 1.165) is 15.0 Å². The molecule has 0 aliphatic carbocycles. The van der Waals surface area contributed by atoms with Crippen LogP contribution in [-0.2, 0) is 10.5 Å². The molecular formula is C19H19N3OS3. The van der Waals surface area contributed by atoms with E-state index in [0.29, 0.717) is 5.13 Å². The Labute approximate surface area is 165 Å². The molecular weight excluding hydrogens is 382 g/mol. The Kier molecular flexibility index (Phi) is 6.71. The first-order valence-corrected chi connectivity index (χ1v) is 10.8. The molecule has 0 radical (unpaired) electrons. The van der Waals surface area contributed by atoms with Crippen LogP contribution in [0.2, 0.25) is 0 Å². The second kappa shape index (κ2) is 9.21.